The van der Waals surface area contributed by atoms with Gasteiger partial charge in [0, 0.05) is 32.2 Å². The molecule has 1 unspecified atom stereocenters. The average Bonchev–Trinajstić information content (AvgIpc) is 2.40. The third-order valence-corrected chi connectivity index (χ3v) is 3.82. The smallest absolute Gasteiger partial charge is 0.317 e. The van der Waals surface area contributed by atoms with Crippen molar-refractivity contribution in [2.45, 2.75) is 44.2 Å². The fourth-order valence-electron chi connectivity index (χ4n) is 2.74. The van der Waals surface area contributed by atoms with Crippen LogP contribution < -0.4 is 16.4 Å². The van der Waals surface area contributed by atoms with E-state index in [-0.39, 0.29) is 12.1 Å². The molecule has 4 N–H and O–H groups in total. The normalized spacial score (nSPS) is 26.9. The van der Waals surface area contributed by atoms with Crippen LogP contribution in [0.2, 0.25) is 0 Å². The molecule has 1 saturated carbocycles. The largest absolute Gasteiger partial charge is 0.335 e. The van der Waals surface area contributed by atoms with Crippen LogP contribution in [0.4, 0.5) is 4.79 Å². The van der Waals surface area contributed by atoms with Crippen LogP contribution in [-0.2, 0) is 0 Å². The Morgan fingerprint density at radius 2 is 2.12 bits per heavy atom. The van der Waals surface area contributed by atoms with Crippen LogP contribution in [-0.4, -0.2) is 49.2 Å². The molecule has 1 saturated heterocycles. The third-order valence-electron chi connectivity index (χ3n) is 3.82. The van der Waals surface area contributed by atoms with Gasteiger partial charge in [-0.2, -0.15) is 0 Å². The van der Waals surface area contributed by atoms with Crippen LogP contribution in [0.15, 0.2) is 0 Å². The van der Waals surface area contributed by atoms with Gasteiger partial charge in [0.15, 0.2) is 0 Å². The van der Waals surface area contributed by atoms with E-state index in [4.69, 9.17) is 5.73 Å². The first kappa shape index (κ1) is 12.6. The molecule has 0 radical (unpaired) electrons. The lowest BCUT2D eigenvalue weighted by atomic mass is 9.96. The Morgan fingerprint density at radius 1 is 1.35 bits per heavy atom. The van der Waals surface area contributed by atoms with Crippen LogP contribution in [0.3, 0.4) is 0 Å². The van der Waals surface area contributed by atoms with E-state index in [1.54, 1.807) is 0 Å². The van der Waals surface area contributed by atoms with Crippen LogP contribution in [0.25, 0.3) is 0 Å². The van der Waals surface area contributed by atoms with Gasteiger partial charge in [0.2, 0.25) is 0 Å². The van der Waals surface area contributed by atoms with E-state index in [1.165, 1.54) is 19.3 Å². The minimum Gasteiger partial charge on any atom is -0.335 e. The molecule has 1 heterocycles. The lowest BCUT2D eigenvalue weighted by molar-refractivity contribution is 0.155. The number of nitrogens with zero attached hydrogens (tertiary/aromatic N) is 1. The fourth-order valence-corrected chi connectivity index (χ4v) is 2.74. The second-order valence-electron chi connectivity index (χ2n) is 5.07. The van der Waals surface area contributed by atoms with Crippen molar-refractivity contribution in [3.05, 3.63) is 0 Å². The summed E-state index contributed by atoms with van der Waals surface area (Å²) in [5, 5.41) is 6.43. The monoisotopic (exact) mass is 240 g/mol. The van der Waals surface area contributed by atoms with Gasteiger partial charge >= 0.3 is 6.03 Å². The summed E-state index contributed by atoms with van der Waals surface area (Å²) in [5.74, 6) is 0. The quantitative estimate of drug-likeness (QED) is 0.648. The maximum absolute atomic E-state index is 12.2. The molecule has 2 amide bonds. The third kappa shape index (κ3) is 3.33. The number of rotatable bonds is 2. The number of amides is 2. The standard InChI is InChI=1S/C12H24N4O/c13-8-11-9-14-6-7-16(11)12(17)15-10-4-2-1-3-5-10/h10-11,14H,1-9,13H2,(H,15,17). The van der Waals surface area contributed by atoms with Crippen molar-refractivity contribution in [1.29, 1.82) is 0 Å². The van der Waals surface area contributed by atoms with E-state index >= 15 is 0 Å². The number of nitrogens with two attached hydrogens (primary N) is 1. The topological polar surface area (TPSA) is 70.4 Å². The van der Waals surface area contributed by atoms with E-state index < -0.39 is 0 Å². The molecule has 0 bridgehead atoms. The highest BCUT2D eigenvalue weighted by molar-refractivity contribution is 5.75. The second kappa shape index (κ2) is 6.21. The highest BCUT2D eigenvalue weighted by atomic mass is 16.2. The number of hydrogen-bond donors (Lipinski definition) is 3. The molecule has 2 fully saturated rings. The van der Waals surface area contributed by atoms with Gasteiger partial charge in [0.05, 0.1) is 6.04 Å². The Kier molecular flexibility index (Phi) is 4.62. The summed E-state index contributed by atoms with van der Waals surface area (Å²) >= 11 is 0. The van der Waals surface area contributed by atoms with E-state index in [9.17, 15) is 4.79 Å². The zero-order valence-electron chi connectivity index (χ0n) is 10.5. The van der Waals surface area contributed by atoms with E-state index in [1.807, 2.05) is 4.90 Å². The molecular weight excluding hydrogens is 216 g/mol. The van der Waals surface area contributed by atoms with Crippen molar-refractivity contribution >= 4 is 6.03 Å². The van der Waals surface area contributed by atoms with Gasteiger partial charge in [-0.15, -0.1) is 0 Å². The molecule has 0 spiro atoms. The number of piperazine rings is 1. The number of urea groups is 1. The van der Waals surface area contributed by atoms with Crippen molar-refractivity contribution in [2.75, 3.05) is 26.2 Å². The predicted octanol–water partition coefficient (Wildman–Crippen LogP) is 0.261. The van der Waals surface area contributed by atoms with Gasteiger partial charge < -0.3 is 21.3 Å². The Morgan fingerprint density at radius 3 is 2.82 bits per heavy atom. The van der Waals surface area contributed by atoms with Gasteiger partial charge in [-0.3, -0.25) is 0 Å². The molecule has 2 rings (SSSR count). The Bertz CT molecular complexity index is 253. The van der Waals surface area contributed by atoms with Crippen molar-refractivity contribution in [3.63, 3.8) is 0 Å². The second-order valence-corrected chi connectivity index (χ2v) is 5.07. The first-order chi connectivity index (χ1) is 8.31. The predicted molar refractivity (Wildman–Crippen MR) is 67.8 cm³/mol. The molecule has 5 nitrogen and oxygen atoms in total. The van der Waals surface area contributed by atoms with Crippen molar-refractivity contribution in [1.82, 2.24) is 15.5 Å². The van der Waals surface area contributed by atoms with Gasteiger partial charge in [0.1, 0.15) is 0 Å². The van der Waals surface area contributed by atoms with Crippen molar-refractivity contribution < 1.29 is 4.79 Å². The van der Waals surface area contributed by atoms with E-state index in [0.717, 1.165) is 32.5 Å². The Hall–Kier alpha value is -0.810. The maximum Gasteiger partial charge on any atom is 0.317 e. The van der Waals surface area contributed by atoms with Crippen LogP contribution >= 0.6 is 0 Å². The van der Waals surface area contributed by atoms with Gasteiger partial charge in [-0.1, -0.05) is 19.3 Å². The zero-order valence-corrected chi connectivity index (χ0v) is 10.5. The number of hydrogen-bond acceptors (Lipinski definition) is 3. The van der Waals surface area contributed by atoms with E-state index in [2.05, 4.69) is 10.6 Å². The molecule has 2 aliphatic rings. The molecular formula is C12H24N4O. The summed E-state index contributed by atoms with van der Waals surface area (Å²) in [5.41, 5.74) is 5.70. The average molecular weight is 240 g/mol. The lowest BCUT2D eigenvalue weighted by Gasteiger charge is -2.37. The minimum atomic E-state index is 0.0776. The molecule has 0 aromatic rings. The highest BCUT2D eigenvalue weighted by Gasteiger charge is 2.27. The van der Waals surface area contributed by atoms with Crippen molar-refractivity contribution in [3.8, 4) is 0 Å². The Balaban J connectivity index is 1.84. The molecule has 17 heavy (non-hydrogen) atoms. The molecule has 1 aliphatic carbocycles. The summed E-state index contributed by atoms with van der Waals surface area (Å²) in [6.45, 7) is 2.98. The minimum absolute atomic E-state index is 0.0776. The number of nitrogens with one attached hydrogen (secondary N) is 2. The highest BCUT2D eigenvalue weighted by Crippen LogP contribution is 2.17. The van der Waals surface area contributed by atoms with Gasteiger partial charge in [0.25, 0.3) is 0 Å². The molecule has 1 aliphatic heterocycles. The lowest BCUT2D eigenvalue weighted by Crippen LogP contribution is -2.59. The molecule has 5 heteroatoms. The Labute approximate surface area is 103 Å². The molecule has 1 atom stereocenters. The van der Waals surface area contributed by atoms with Crippen LogP contribution in [0.5, 0.6) is 0 Å². The number of carbonyl (C=O) groups excluding carboxylic acids is 1. The summed E-state index contributed by atoms with van der Waals surface area (Å²) in [4.78, 5) is 14.1. The van der Waals surface area contributed by atoms with E-state index in [0.29, 0.717) is 12.6 Å². The summed E-state index contributed by atoms with van der Waals surface area (Å²) < 4.78 is 0. The summed E-state index contributed by atoms with van der Waals surface area (Å²) in [6.07, 6.45) is 6.06. The maximum atomic E-state index is 12.2. The van der Waals surface area contributed by atoms with Crippen LogP contribution in [0.1, 0.15) is 32.1 Å². The molecule has 0 aromatic heterocycles. The van der Waals surface area contributed by atoms with Crippen molar-refractivity contribution in [2.24, 2.45) is 5.73 Å². The molecule has 98 valence electrons. The zero-order chi connectivity index (χ0) is 12.1. The fraction of sp³-hybridized carbons (Fsp3) is 0.917. The van der Waals surface area contributed by atoms with Gasteiger partial charge in [-0.05, 0) is 12.8 Å². The van der Waals surface area contributed by atoms with Gasteiger partial charge in [-0.25, -0.2) is 4.79 Å². The first-order valence-corrected chi connectivity index (χ1v) is 6.79. The number of carbonyl (C=O) groups is 1. The molecule has 0 aromatic carbocycles. The summed E-state index contributed by atoms with van der Waals surface area (Å²) in [7, 11) is 0. The first-order valence-electron chi connectivity index (χ1n) is 6.79. The SMILES string of the molecule is NCC1CNCCN1C(=O)NC1CCCCC1. The summed E-state index contributed by atoms with van der Waals surface area (Å²) in [6, 6.07) is 0.603. The van der Waals surface area contributed by atoms with Crippen LogP contribution in [0, 0.1) is 0 Å².